The van der Waals surface area contributed by atoms with Crippen LogP contribution in [0.25, 0.3) is 0 Å². The SMILES string of the molecule is C[C@@H]1CCN(Cc2ccccc2)C[C@@H](O)[C@H]1N. The number of rotatable bonds is 2. The van der Waals surface area contributed by atoms with E-state index in [1.165, 1.54) is 5.56 Å². The minimum atomic E-state index is -0.406. The molecule has 0 spiro atoms. The normalized spacial score (nSPS) is 31.1. The van der Waals surface area contributed by atoms with E-state index in [1.807, 2.05) is 6.07 Å². The highest BCUT2D eigenvalue weighted by Gasteiger charge is 2.27. The number of β-amino-alcohol motifs (C(OH)–C–C–N with tert-alkyl or cyclic N) is 1. The summed E-state index contributed by atoms with van der Waals surface area (Å²) in [6, 6.07) is 10.3. The molecule has 1 aliphatic rings. The van der Waals surface area contributed by atoms with Gasteiger partial charge in [0.15, 0.2) is 0 Å². The van der Waals surface area contributed by atoms with Crippen molar-refractivity contribution in [2.45, 2.75) is 32.0 Å². The van der Waals surface area contributed by atoms with Gasteiger partial charge in [0, 0.05) is 19.1 Å². The van der Waals surface area contributed by atoms with Crippen molar-refractivity contribution in [3.8, 4) is 0 Å². The lowest BCUT2D eigenvalue weighted by Gasteiger charge is -2.23. The van der Waals surface area contributed by atoms with Crippen LogP contribution < -0.4 is 5.73 Å². The molecule has 0 radical (unpaired) electrons. The Morgan fingerprint density at radius 3 is 2.76 bits per heavy atom. The summed E-state index contributed by atoms with van der Waals surface area (Å²) in [6.45, 7) is 4.72. The van der Waals surface area contributed by atoms with E-state index in [0.29, 0.717) is 12.5 Å². The molecule has 3 atom stereocenters. The van der Waals surface area contributed by atoms with Crippen molar-refractivity contribution in [2.75, 3.05) is 13.1 Å². The molecule has 1 fully saturated rings. The lowest BCUT2D eigenvalue weighted by atomic mass is 9.96. The second-order valence-corrected chi connectivity index (χ2v) is 5.13. The number of likely N-dealkylation sites (tertiary alicyclic amines) is 1. The molecule has 1 aliphatic heterocycles. The first-order chi connectivity index (χ1) is 8.16. The highest BCUT2D eigenvalue weighted by molar-refractivity contribution is 5.14. The Balaban J connectivity index is 1.98. The summed E-state index contributed by atoms with van der Waals surface area (Å²) >= 11 is 0. The van der Waals surface area contributed by atoms with Crippen molar-refractivity contribution < 1.29 is 5.11 Å². The second kappa shape index (κ2) is 5.63. The molecule has 0 unspecified atom stereocenters. The van der Waals surface area contributed by atoms with Gasteiger partial charge in [-0.1, -0.05) is 37.3 Å². The van der Waals surface area contributed by atoms with Crippen LogP contribution in [0.3, 0.4) is 0 Å². The molecule has 2 rings (SSSR count). The van der Waals surface area contributed by atoms with Gasteiger partial charge in [-0.2, -0.15) is 0 Å². The lowest BCUT2D eigenvalue weighted by Crippen LogP contribution is -2.43. The number of aliphatic hydroxyl groups is 1. The predicted molar refractivity (Wildman–Crippen MR) is 69.5 cm³/mol. The molecule has 0 aliphatic carbocycles. The minimum absolute atomic E-state index is 0.0872. The highest BCUT2D eigenvalue weighted by Crippen LogP contribution is 2.18. The monoisotopic (exact) mass is 234 g/mol. The number of aliphatic hydroxyl groups excluding tert-OH is 1. The average molecular weight is 234 g/mol. The smallest absolute Gasteiger partial charge is 0.0820 e. The van der Waals surface area contributed by atoms with Crippen LogP contribution >= 0.6 is 0 Å². The first kappa shape index (κ1) is 12.6. The number of hydrogen-bond donors (Lipinski definition) is 2. The minimum Gasteiger partial charge on any atom is -0.390 e. The summed E-state index contributed by atoms with van der Waals surface area (Å²) in [5.41, 5.74) is 7.29. The number of hydrogen-bond acceptors (Lipinski definition) is 3. The van der Waals surface area contributed by atoms with E-state index in [9.17, 15) is 5.11 Å². The fourth-order valence-electron chi connectivity index (χ4n) is 2.42. The lowest BCUT2D eigenvalue weighted by molar-refractivity contribution is 0.0964. The van der Waals surface area contributed by atoms with Gasteiger partial charge in [-0.25, -0.2) is 0 Å². The van der Waals surface area contributed by atoms with E-state index < -0.39 is 6.10 Å². The molecule has 0 amide bonds. The van der Waals surface area contributed by atoms with Crippen molar-refractivity contribution in [1.82, 2.24) is 4.90 Å². The number of nitrogens with zero attached hydrogens (tertiary/aromatic N) is 1. The zero-order valence-electron chi connectivity index (χ0n) is 10.4. The van der Waals surface area contributed by atoms with Crippen molar-refractivity contribution in [3.05, 3.63) is 35.9 Å². The number of nitrogens with two attached hydrogens (primary N) is 1. The second-order valence-electron chi connectivity index (χ2n) is 5.13. The Labute approximate surface area is 103 Å². The van der Waals surface area contributed by atoms with Crippen LogP contribution in [0.5, 0.6) is 0 Å². The molecule has 17 heavy (non-hydrogen) atoms. The molecule has 3 nitrogen and oxygen atoms in total. The standard InChI is InChI=1S/C14H22N2O/c1-11-7-8-16(10-13(17)14(11)15)9-12-5-3-2-4-6-12/h2-6,11,13-14,17H,7-10,15H2,1H3/t11-,13-,14+/m1/s1. The van der Waals surface area contributed by atoms with Crippen LogP contribution in [0, 0.1) is 5.92 Å². The van der Waals surface area contributed by atoms with E-state index >= 15 is 0 Å². The molecule has 1 saturated heterocycles. The zero-order valence-corrected chi connectivity index (χ0v) is 10.4. The van der Waals surface area contributed by atoms with Crippen LogP contribution in [-0.2, 0) is 6.54 Å². The number of benzene rings is 1. The molecular formula is C14H22N2O. The predicted octanol–water partition coefficient (Wildman–Crippen LogP) is 1.22. The van der Waals surface area contributed by atoms with Gasteiger partial charge < -0.3 is 10.8 Å². The fraction of sp³-hybridized carbons (Fsp3) is 0.571. The van der Waals surface area contributed by atoms with Gasteiger partial charge in [0.2, 0.25) is 0 Å². The van der Waals surface area contributed by atoms with Gasteiger partial charge in [0.1, 0.15) is 0 Å². The molecule has 3 N–H and O–H groups in total. The summed E-state index contributed by atoms with van der Waals surface area (Å²) < 4.78 is 0. The Hall–Kier alpha value is -0.900. The summed E-state index contributed by atoms with van der Waals surface area (Å²) in [7, 11) is 0. The quantitative estimate of drug-likeness (QED) is 0.809. The van der Waals surface area contributed by atoms with Gasteiger partial charge in [-0.3, -0.25) is 4.90 Å². The third-order valence-electron chi connectivity index (χ3n) is 3.70. The molecule has 1 heterocycles. The van der Waals surface area contributed by atoms with Crippen LogP contribution in [0.4, 0.5) is 0 Å². The van der Waals surface area contributed by atoms with Crippen LogP contribution in [0.1, 0.15) is 18.9 Å². The molecule has 1 aromatic rings. The van der Waals surface area contributed by atoms with Gasteiger partial charge in [0.05, 0.1) is 6.10 Å². The molecule has 3 heteroatoms. The summed E-state index contributed by atoms with van der Waals surface area (Å²) in [4.78, 5) is 2.30. The van der Waals surface area contributed by atoms with Crippen molar-refractivity contribution in [3.63, 3.8) is 0 Å². The van der Waals surface area contributed by atoms with Crippen LogP contribution in [-0.4, -0.2) is 35.2 Å². The van der Waals surface area contributed by atoms with Crippen LogP contribution in [0.15, 0.2) is 30.3 Å². The van der Waals surface area contributed by atoms with Gasteiger partial charge >= 0.3 is 0 Å². The van der Waals surface area contributed by atoms with E-state index in [0.717, 1.165) is 19.5 Å². The largest absolute Gasteiger partial charge is 0.390 e. The third-order valence-corrected chi connectivity index (χ3v) is 3.70. The fourth-order valence-corrected chi connectivity index (χ4v) is 2.42. The molecule has 94 valence electrons. The molecule has 0 bridgehead atoms. The summed E-state index contributed by atoms with van der Waals surface area (Å²) in [6.07, 6.45) is 0.654. The first-order valence-electron chi connectivity index (χ1n) is 6.36. The first-order valence-corrected chi connectivity index (χ1v) is 6.36. The van der Waals surface area contributed by atoms with Gasteiger partial charge in [-0.15, -0.1) is 0 Å². The van der Waals surface area contributed by atoms with E-state index in [-0.39, 0.29) is 6.04 Å². The Bertz CT molecular complexity index is 341. The van der Waals surface area contributed by atoms with E-state index in [4.69, 9.17) is 5.73 Å². The van der Waals surface area contributed by atoms with Crippen molar-refractivity contribution in [1.29, 1.82) is 0 Å². The topological polar surface area (TPSA) is 49.5 Å². The van der Waals surface area contributed by atoms with Gasteiger partial charge in [0.25, 0.3) is 0 Å². The maximum Gasteiger partial charge on any atom is 0.0820 e. The molecule has 0 saturated carbocycles. The van der Waals surface area contributed by atoms with Crippen molar-refractivity contribution >= 4 is 0 Å². The highest BCUT2D eigenvalue weighted by atomic mass is 16.3. The van der Waals surface area contributed by atoms with Crippen molar-refractivity contribution in [2.24, 2.45) is 11.7 Å². The molecule has 0 aromatic heterocycles. The Morgan fingerprint density at radius 2 is 2.06 bits per heavy atom. The third kappa shape index (κ3) is 3.28. The maximum atomic E-state index is 10.0. The van der Waals surface area contributed by atoms with Gasteiger partial charge in [-0.05, 0) is 24.4 Å². The molecular weight excluding hydrogens is 212 g/mol. The average Bonchev–Trinajstić information content (AvgIpc) is 2.45. The van der Waals surface area contributed by atoms with E-state index in [1.54, 1.807) is 0 Å². The molecule has 1 aromatic carbocycles. The Kier molecular flexibility index (Phi) is 4.15. The summed E-state index contributed by atoms with van der Waals surface area (Å²) in [5.74, 6) is 0.394. The zero-order chi connectivity index (χ0) is 12.3. The van der Waals surface area contributed by atoms with E-state index in [2.05, 4.69) is 36.1 Å². The van der Waals surface area contributed by atoms with Crippen LogP contribution in [0.2, 0.25) is 0 Å². The maximum absolute atomic E-state index is 10.0. The summed E-state index contributed by atoms with van der Waals surface area (Å²) in [5, 5.41) is 10.0. The Morgan fingerprint density at radius 1 is 1.35 bits per heavy atom.